The lowest BCUT2D eigenvalue weighted by Gasteiger charge is -2.05. The van der Waals surface area contributed by atoms with Crippen LogP contribution in [0.3, 0.4) is 0 Å². The minimum atomic E-state index is 0.955. The molecule has 4 nitrogen and oxygen atoms in total. The van der Waals surface area contributed by atoms with Crippen LogP contribution in [0.25, 0.3) is 16.9 Å². The van der Waals surface area contributed by atoms with E-state index in [-0.39, 0.29) is 0 Å². The van der Waals surface area contributed by atoms with Crippen molar-refractivity contribution in [3.63, 3.8) is 0 Å². The molecular weight excluding hydrogens is 212 g/mol. The quantitative estimate of drug-likeness (QED) is 0.668. The predicted octanol–water partition coefficient (Wildman–Crippen LogP) is 2.33. The second-order valence-corrected chi connectivity index (χ2v) is 3.60. The van der Waals surface area contributed by atoms with Crippen LogP contribution in [0.15, 0.2) is 61.1 Å². The molecule has 2 aromatic heterocycles. The van der Waals surface area contributed by atoms with E-state index in [1.165, 1.54) is 0 Å². The van der Waals surface area contributed by atoms with E-state index in [4.69, 9.17) is 0 Å². The van der Waals surface area contributed by atoms with Gasteiger partial charge in [-0.15, -0.1) is 5.10 Å². The fourth-order valence-corrected chi connectivity index (χ4v) is 1.72. The van der Waals surface area contributed by atoms with Crippen LogP contribution in [0.2, 0.25) is 0 Å². The van der Waals surface area contributed by atoms with Crippen molar-refractivity contribution < 1.29 is 0 Å². The van der Waals surface area contributed by atoms with E-state index >= 15 is 0 Å². The maximum Gasteiger partial charge on any atom is 0.0944 e. The lowest BCUT2D eigenvalue weighted by molar-refractivity contribution is 0.806. The zero-order valence-corrected chi connectivity index (χ0v) is 9.06. The van der Waals surface area contributed by atoms with Gasteiger partial charge < -0.3 is 0 Å². The fraction of sp³-hybridized carbons (Fsp3) is 0. The largest absolute Gasteiger partial charge is 0.265 e. The van der Waals surface area contributed by atoms with Crippen LogP contribution < -0.4 is 0 Å². The summed E-state index contributed by atoms with van der Waals surface area (Å²) in [5.41, 5.74) is 3.02. The van der Waals surface area contributed by atoms with Crippen molar-refractivity contribution in [3.05, 3.63) is 61.1 Å². The van der Waals surface area contributed by atoms with E-state index in [2.05, 4.69) is 15.3 Å². The lowest BCUT2D eigenvalue weighted by Crippen LogP contribution is -1.99. The molecule has 0 unspecified atom stereocenters. The van der Waals surface area contributed by atoms with Crippen molar-refractivity contribution in [2.75, 3.05) is 0 Å². The van der Waals surface area contributed by atoms with Crippen molar-refractivity contribution >= 4 is 0 Å². The molecule has 0 bridgehead atoms. The molecule has 0 N–H and O–H groups in total. The Morgan fingerprint density at radius 1 is 0.882 bits per heavy atom. The van der Waals surface area contributed by atoms with E-state index in [9.17, 15) is 0 Å². The minimum absolute atomic E-state index is 0.955. The van der Waals surface area contributed by atoms with Gasteiger partial charge in [-0.2, -0.15) is 0 Å². The molecule has 0 saturated carbocycles. The number of benzene rings is 1. The van der Waals surface area contributed by atoms with Crippen molar-refractivity contribution in [2.45, 2.75) is 0 Å². The molecule has 82 valence electrons. The first-order chi connectivity index (χ1) is 8.45. The summed E-state index contributed by atoms with van der Waals surface area (Å²) in [6, 6.07) is 13.9. The van der Waals surface area contributed by atoms with Crippen LogP contribution >= 0.6 is 0 Å². The van der Waals surface area contributed by atoms with Crippen molar-refractivity contribution in [3.8, 4) is 16.9 Å². The van der Waals surface area contributed by atoms with Gasteiger partial charge in [0.25, 0.3) is 0 Å². The second-order valence-electron chi connectivity index (χ2n) is 3.60. The summed E-state index contributed by atoms with van der Waals surface area (Å²) < 4.78 is 1.80. The molecule has 0 aliphatic carbocycles. The van der Waals surface area contributed by atoms with Gasteiger partial charge in [-0.3, -0.25) is 4.98 Å². The lowest BCUT2D eigenvalue weighted by atomic mass is 10.2. The van der Waals surface area contributed by atoms with Crippen molar-refractivity contribution in [1.82, 2.24) is 20.0 Å². The first-order valence-corrected chi connectivity index (χ1v) is 5.32. The van der Waals surface area contributed by atoms with Crippen LogP contribution in [-0.4, -0.2) is 20.0 Å². The highest BCUT2D eigenvalue weighted by molar-refractivity contribution is 5.60. The Labute approximate surface area is 98.6 Å². The van der Waals surface area contributed by atoms with Gasteiger partial charge in [0.05, 0.1) is 17.6 Å². The first-order valence-electron chi connectivity index (χ1n) is 5.32. The van der Waals surface area contributed by atoms with Crippen LogP contribution in [0.4, 0.5) is 0 Å². The molecule has 17 heavy (non-hydrogen) atoms. The molecule has 0 atom stereocenters. The zero-order valence-electron chi connectivity index (χ0n) is 9.06. The van der Waals surface area contributed by atoms with Gasteiger partial charge in [0.1, 0.15) is 0 Å². The van der Waals surface area contributed by atoms with Crippen LogP contribution in [-0.2, 0) is 0 Å². The summed E-state index contributed by atoms with van der Waals surface area (Å²) in [7, 11) is 0. The standard InChI is InChI=1S/C13H10N4/c1-2-4-11(5-3-1)13-10-15-16-17(13)12-6-8-14-9-7-12/h1-10H. The predicted molar refractivity (Wildman–Crippen MR) is 64.6 cm³/mol. The average Bonchev–Trinajstić information content (AvgIpc) is 2.90. The highest BCUT2D eigenvalue weighted by Gasteiger charge is 2.07. The Kier molecular flexibility index (Phi) is 2.38. The molecule has 0 fully saturated rings. The van der Waals surface area contributed by atoms with Crippen LogP contribution in [0.1, 0.15) is 0 Å². The highest BCUT2D eigenvalue weighted by atomic mass is 15.4. The van der Waals surface area contributed by atoms with E-state index in [1.54, 1.807) is 23.3 Å². The summed E-state index contributed by atoms with van der Waals surface area (Å²) in [5, 5.41) is 8.07. The molecule has 0 aliphatic heterocycles. The van der Waals surface area contributed by atoms with Gasteiger partial charge in [0, 0.05) is 18.0 Å². The third-order valence-electron chi connectivity index (χ3n) is 2.53. The second kappa shape index (κ2) is 4.17. The van der Waals surface area contributed by atoms with Gasteiger partial charge in [0.15, 0.2) is 0 Å². The topological polar surface area (TPSA) is 43.6 Å². The normalized spacial score (nSPS) is 10.4. The summed E-state index contributed by atoms with van der Waals surface area (Å²) >= 11 is 0. The van der Waals surface area contributed by atoms with E-state index in [0.29, 0.717) is 0 Å². The number of hydrogen-bond acceptors (Lipinski definition) is 3. The molecule has 0 saturated heterocycles. The van der Waals surface area contributed by atoms with E-state index in [0.717, 1.165) is 16.9 Å². The molecule has 4 heteroatoms. The Bertz CT molecular complexity index is 548. The Morgan fingerprint density at radius 3 is 2.41 bits per heavy atom. The third kappa shape index (κ3) is 1.80. The van der Waals surface area contributed by atoms with E-state index < -0.39 is 0 Å². The monoisotopic (exact) mass is 222 g/mol. The maximum absolute atomic E-state index is 4.10. The van der Waals surface area contributed by atoms with Crippen LogP contribution in [0, 0.1) is 0 Å². The Morgan fingerprint density at radius 2 is 1.65 bits per heavy atom. The molecule has 0 radical (unpaired) electrons. The molecule has 0 spiro atoms. The fourth-order valence-electron chi connectivity index (χ4n) is 1.72. The molecule has 3 aromatic rings. The van der Waals surface area contributed by atoms with Gasteiger partial charge in [-0.05, 0) is 12.1 Å². The van der Waals surface area contributed by atoms with Crippen molar-refractivity contribution in [2.24, 2.45) is 0 Å². The summed E-state index contributed by atoms with van der Waals surface area (Å²) in [6.07, 6.45) is 5.24. The molecular formula is C13H10N4. The van der Waals surface area contributed by atoms with E-state index in [1.807, 2.05) is 42.5 Å². The van der Waals surface area contributed by atoms with Crippen molar-refractivity contribution in [1.29, 1.82) is 0 Å². The first kappa shape index (κ1) is 9.72. The highest BCUT2D eigenvalue weighted by Crippen LogP contribution is 2.20. The number of nitrogens with zero attached hydrogens (tertiary/aromatic N) is 4. The average molecular weight is 222 g/mol. The summed E-state index contributed by atoms with van der Waals surface area (Å²) in [5.74, 6) is 0. The Hall–Kier alpha value is -2.49. The summed E-state index contributed by atoms with van der Waals surface area (Å²) in [6.45, 7) is 0. The smallest absolute Gasteiger partial charge is 0.0944 e. The number of hydrogen-bond donors (Lipinski definition) is 0. The van der Waals surface area contributed by atoms with Gasteiger partial charge in [0.2, 0.25) is 0 Å². The van der Waals surface area contributed by atoms with Crippen LogP contribution in [0.5, 0.6) is 0 Å². The number of aromatic nitrogens is 4. The maximum atomic E-state index is 4.10. The SMILES string of the molecule is c1ccc(-c2cnnn2-c2ccncc2)cc1. The minimum Gasteiger partial charge on any atom is -0.265 e. The number of pyridine rings is 1. The Balaban J connectivity index is 2.13. The summed E-state index contributed by atoms with van der Waals surface area (Å²) in [4.78, 5) is 4.00. The molecule has 0 aliphatic rings. The molecule has 0 amide bonds. The third-order valence-corrected chi connectivity index (χ3v) is 2.53. The number of rotatable bonds is 2. The van der Waals surface area contributed by atoms with Gasteiger partial charge in [-0.25, -0.2) is 4.68 Å². The molecule has 2 heterocycles. The molecule has 3 rings (SSSR count). The van der Waals surface area contributed by atoms with Gasteiger partial charge >= 0.3 is 0 Å². The van der Waals surface area contributed by atoms with Gasteiger partial charge in [-0.1, -0.05) is 35.5 Å². The molecule has 1 aromatic carbocycles. The zero-order chi connectivity index (χ0) is 11.5.